The number of nitrogens with one attached hydrogen (secondary N) is 2. The minimum atomic E-state index is -0.175. The van der Waals surface area contributed by atoms with Crippen molar-refractivity contribution < 1.29 is 19.1 Å². The number of pyridine rings is 1. The van der Waals surface area contributed by atoms with Gasteiger partial charge < -0.3 is 20.3 Å². The van der Waals surface area contributed by atoms with Crippen LogP contribution in [0.1, 0.15) is 66.3 Å². The minimum Gasteiger partial charge on any atom is -0.494 e. The van der Waals surface area contributed by atoms with Gasteiger partial charge in [0.1, 0.15) is 5.75 Å². The number of carbonyl (C=O) groups is 3. The summed E-state index contributed by atoms with van der Waals surface area (Å²) in [6.45, 7) is 7.73. The van der Waals surface area contributed by atoms with Crippen molar-refractivity contribution in [2.45, 2.75) is 52.5 Å². The van der Waals surface area contributed by atoms with Crippen LogP contribution < -0.4 is 15.4 Å². The maximum Gasteiger partial charge on any atom is 0.253 e. The van der Waals surface area contributed by atoms with E-state index in [1.165, 1.54) is 0 Å². The molecule has 2 N–H and O–H groups in total. The van der Waals surface area contributed by atoms with Crippen molar-refractivity contribution in [1.29, 1.82) is 0 Å². The number of carbonyl (C=O) groups excluding carboxylic acids is 3. The maximum absolute atomic E-state index is 13.2. The average molecular weight is 493 g/mol. The molecule has 2 aromatic rings. The number of hydrogen-bond donors (Lipinski definition) is 2. The molecule has 0 radical (unpaired) electrons. The van der Waals surface area contributed by atoms with Crippen LogP contribution in [0.5, 0.6) is 5.75 Å². The third-order valence-electron chi connectivity index (χ3n) is 6.23. The molecule has 1 aromatic carbocycles. The molecule has 0 aliphatic carbocycles. The summed E-state index contributed by atoms with van der Waals surface area (Å²) in [4.78, 5) is 44.0. The summed E-state index contributed by atoms with van der Waals surface area (Å²) < 4.78 is 5.66. The molecule has 0 atom stereocenters. The van der Waals surface area contributed by atoms with E-state index in [1.54, 1.807) is 17.1 Å². The van der Waals surface area contributed by atoms with E-state index in [2.05, 4.69) is 10.6 Å². The third-order valence-corrected chi connectivity index (χ3v) is 6.23. The second kappa shape index (κ2) is 13.4. The van der Waals surface area contributed by atoms with Crippen LogP contribution >= 0.6 is 0 Å². The Hall–Kier alpha value is -3.68. The Kier molecular flexibility index (Phi) is 10.0. The Morgan fingerprint density at radius 3 is 2.58 bits per heavy atom. The van der Waals surface area contributed by atoms with Crippen LogP contribution in [0.15, 0.2) is 48.6 Å². The fraction of sp³-hybridized carbons (Fsp3) is 0.429. The molecule has 1 aromatic heterocycles. The molecule has 2 heterocycles. The van der Waals surface area contributed by atoms with Crippen LogP contribution in [0.4, 0.5) is 0 Å². The summed E-state index contributed by atoms with van der Waals surface area (Å²) in [5.74, 6) is 0.406. The van der Waals surface area contributed by atoms with E-state index in [1.807, 2.05) is 57.2 Å². The lowest BCUT2D eigenvalue weighted by molar-refractivity contribution is -0.133. The van der Waals surface area contributed by atoms with Crippen LogP contribution in [-0.4, -0.2) is 53.8 Å². The molecule has 192 valence electrons. The number of nitrogens with zero attached hydrogens (tertiary/aromatic N) is 2. The number of rotatable bonds is 10. The summed E-state index contributed by atoms with van der Waals surface area (Å²) in [6, 6.07) is 11.3. The smallest absolute Gasteiger partial charge is 0.253 e. The van der Waals surface area contributed by atoms with Crippen molar-refractivity contribution >= 4 is 17.7 Å². The zero-order valence-corrected chi connectivity index (χ0v) is 21.4. The highest BCUT2D eigenvalue weighted by Gasteiger charge is 2.28. The van der Waals surface area contributed by atoms with Crippen molar-refractivity contribution in [2.24, 2.45) is 0 Å². The first-order valence-electron chi connectivity index (χ1n) is 12.5. The number of hydrogen-bond acceptors (Lipinski definition) is 5. The van der Waals surface area contributed by atoms with E-state index < -0.39 is 0 Å². The lowest BCUT2D eigenvalue weighted by Crippen LogP contribution is -2.44. The largest absolute Gasteiger partial charge is 0.494 e. The average Bonchev–Trinajstić information content (AvgIpc) is 2.90. The molecule has 1 aliphatic rings. The molecule has 36 heavy (non-hydrogen) atoms. The number of likely N-dealkylation sites (tertiary alicyclic amines) is 1. The molecule has 1 fully saturated rings. The van der Waals surface area contributed by atoms with Crippen molar-refractivity contribution in [2.75, 3.05) is 26.2 Å². The highest BCUT2D eigenvalue weighted by molar-refractivity contribution is 5.95. The molecule has 1 aliphatic heterocycles. The van der Waals surface area contributed by atoms with Crippen LogP contribution in [-0.2, 0) is 16.1 Å². The number of aromatic nitrogens is 1. The normalized spacial score (nSPS) is 14.0. The van der Waals surface area contributed by atoms with Crippen LogP contribution in [0.3, 0.4) is 0 Å². The Morgan fingerprint density at radius 1 is 1.11 bits per heavy atom. The first-order valence-corrected chi connectivity index (χ1v) is 12.5. The van der Waals surface area contributed by atoms with E-state index >= 15 is 0 Å². The Morgan fingerprint density at radius 2 is 1.86 bits per heavy atom. The molecule has 0 bridgehead atoms. The lowest BCUT2D eigenvalue weighted by atomic mass is 9.89. The molecule has 0 saturated carbocycles. The molecule has 8 heteroatoms. The number of piperidine rings is 1. The first-order chi connectivity index (χ1) is 17.4. The summed E-state index contributed by atoms with van der Waals surface area (Å²) in [5.41, 5.74) is 3.11. The zero-order chi connectivity index (χ0) is 25.9. The van der Waals surface area contributed by atoms with Gasteiger partial charge >= 0.3 is 0 Å². The first kappa shape index (κ1) is 26.9. The van der Waals surface area contributed by atoms with E-state index in [4.69, 9.17) is 9.72 Å². The Bertz CT molecular complexity index is 1090. The summed E-state index contributed by atoms with van der Waals surface area (Å²) in [7, 11) is 0. The van der Waals surface area contributed by atoms with Crippen molar-refractivity contribution in [3.8, 4) is 5.75 Å². The van der Waals surface area contributed by atoms with Crippen molar-refractivity contribution in [1.82, 2.24) is 20.5 Å². The monoisotopic (exact) mass is 492 g/mol. The van der Waals surface area contributed by atoms with Crippen molar-refractivity contribution in [3.05, 3.63) is 71.1 Å². The number of amides is 3. The second-order valence-electron chi connectivity index (χ2n) is 8.81. The quantitative estimate of drug-likeness (QED) is 0.495. The van der Waals surface area contributed by atoms with Crippen LogP contribution in [0.2, 0.25) is 0 Å². The summed E-state index contributed by atoms with van der Waals surface area (Å²) >= 11 is 0. The van der Waals surface area contributed by atoms with E-state index in [0.717, 1.165) is 22.7 Å². The van der Waals surface area contributed by atoms with Gasteiger partial charge in [-0.15, -0.1) is 0 Å². The fourth-order valence-electron chi connectivity index (χ4n) is 4.28. The predicted octanol–water partition coefficient (Wildman–Crippen LogP) is 3.51. The number of benzene rings is 1. The van der Waals surface area contributed by atoms with Gasteiger partial charge in [-0.1, -0.05) is 30.4 Å². The standard InChI is InChI=1S/C28H36N4O4/c1-4-6-11-25(33)29-19-26(34)32-16-14-21(15-17-32)27-23(13-12-20(3)31-27)28(35)30-18-22-9-7-8-10-24(22)36-5-2/h4,6-10,12-13,21H,5,11,14-19H2,1-3H3,(H,29,33)(H,30,35)/b6-4+. The fourth-order valence-corrected chi connectivity index (χ4v) is 4.28. The molecular formula is C28H36N4O4. The van der Waals surface area contributed by atoms with E-state index in [0.29, 0.717) is 44.6 Å². The van der Waals surface area contributed by atoms with Crippen LogP contribution in [0, 0.1) is 6.92 Å². The Balaban J connectivity index is 1.61. The third kappa shape index (κ3) is 7.41. The number of allylic oxidation sites excluding steroid dienone is 1. The predicted molar refractivity (Wildman–Crippen MR) is 139 cm³/mol. The van der Waals surface area contributed by atoms with Gasteiger partial charge in [-0.2, -0.15) is 0 Å². The highest BCUT2D eigenvalue weighted by Crippen LogP contribution is 2.29. The van der Waals surface area contributed by atoms with Gasteiger partial charge in [0, 0.05) is 43.2 Å². The SMILES string of the molecule is C/C=C/CC(=O)NCC(=O)N1CCC(c2nc(C)ccc2C(=O)NCc2ccccc2OCC)CC1. The van der Waals surface area contributed by atoms with Gasteiger partial charge in [0.25, 0.3) is 5.91 Å². The van der Waals surface area contributed by atoms with Gasteiger partial charge in [0.2, 0.25) is 11.8 Å². The molecule has 3 rings (SSSR count). The summed E-state index contributed by atoms with van der Waals surface area (Å²) in [6.07, 6.45) is 5.25. The minimum absolute atomic E-state index is 0.000620. The molecule has 1 saturated heterocycles. The molecule has 3 amide bonds. The van der Waals surface area contributed by atoms with Gasteiger partial charge in [0.15, 0.2) is 0 Å². The zero-order valence-electron chi connectivity index (χ0n) is 21.4. The van der Waals surface area contributed by atoms with Gasteiger partial charge in [0.05, 0.1) is 24.4 Å². The Labute approximate surface area is 213 Å². The second-order valence-corrected chi connectivity index (χ2v) is 8.81. The maximum atomic E-state index is 13.2. The van der Waals surface area contributed by atoms with E-state index in [-0.39, 0.29) is 36.6 Å². The molecular weight excluding hydrogens is 456 g/mol. The topological polar surface area (TPSA) is 101 Å². The van der Waals surface area contributed by atoms with Gasteiger partial charge in [-0.3, -0.25) is 19.4 Å². The van der Waals surface area contributed by atoms with E-state index in [9.17, 15) is 14.4 Å². The van der Waals surface area contributed by atoms with Gasteiger partial charge in [-0.25, -0.2) is 0 Å². The summed E-state index contributed by atoms with van der Waals surface area (Å²) in [5, 5.41) is 5.69. The highest BCUT2D eigenvalue weighted by atomic mass is 16.5. The number of aryl methyl sites for hydroxylation is 1. The van der Waals surface area contributed by atoms with Crippen molar-refractivity contribution in [3.63, 3.8) is 0 Å². The molecule has 8 nitrogen and oxygen atoms in total. The number of para-hydroxylation sites is 1. The van der Waals surface area contributed by atoms with Crippen LogP contribution in [0.25, 0.3) is 0 Å². The lowest BCUT2D eigenvalue weighted by Gasteiger charge is -2.32. The molecule has 0 spiro atoms. The van der Waals surface area contributed by atoms with Gasteiger partial charge in [-0.05, 0) is 51.8 Å². The number of ether oxygens (including phenoxy) is 1. The molecule has 0 unspecified atom stereocenters.